The Kier molecular flexibility index (Phi) is 6.92. The number of likely N-dealkylation sites (N-methyl/N-ethyl adjacent to an activating group) is 2. The molecule has 5 nitrogen and oxygen atoms in total. The number of Topliss-reactive ketones (excluding diaryl/α,β-unsaturated/α-hetero) is 1. The first kappa shape index (κ1) is 16.6. The Morgan fingerprint density at radius 1 is 1.21 bits per heavy atom. The summed E-state index contributed by atoms with van der Waals surface area (Å²) in [5, 5.41) is 6.55. The highest BCUT2D eigenvalue weighted by molar-refractivity contribution is 8.26. The zero-order valence-corrected chi connectivity index (χ0v) is 13.2. The molecule has 1 aliphatic rings. The van der Waals surface area contributed by atoms with Gasteiger partial charge in [0, 0.05) is 0 Å². The summed E-state index contributed by atoms with van der Waals surface area (Å²) >= 11 is 2.98. The lowest BCUT2D eigenvalue weighted by atomic mass is 10.2. The van der Waals surface area contributed by atoms with E-state index in [4.69, 9.17) is 4.74 Å². The average Bonchev–Trinajstić information content (AvgIpc) is 2.78. The van der Waals surface area contributed by atoms with Gasteiger partial charge in [-0.1, -0.05) is 30.4 Å². The number of ketones is 1. The molecule has 0 aromatic carbocycles. The Morgan fingerprint density at radius 3 is 2.11 bits per heavy atom. The van der Waals surface area contributed by atoms with E-state index >= 15 is 0 Å². The summed E-state index contributed by atoms with van der Waals surface area (Å²) in [6.07, 6.45) is 0.741. The van der Waals surface area contributed by atoms with Crippen molar-refractivity contribution in [2.24, 2.45) is 0 Å². The summed E-state index contributed by atoms with van der Waals surface area (Å²) in [7, 11) is 3.71. The highest BCUT2D eigenvalue weighted by Crippen LogP contribution is 2.46. The Hall–Kier alpha value is -0.500. The smallest absolute Gasteiger partial charge is 0.343 e. The zero-order chi connectivity index (χ0) is 14.4. The van der Waals surface area contributed by atoms with Crippen LogP contribution in [0.4, 0.5) is 0 Å². The molecular weight excluding hydrogens is 284 g/mol. The summed E-state index contributed by atoms with van der Waals surface area (Å²) in [5.41, 5.74) is 0.168. The molecule has 2 N–H and O–H groups in total. The third kappa shape index (κ3) is 4.24. The number of carbonyl (C=O) groups excluding carboxylic acids is 2. The highest BCUT2D eigenvalue weighted by atomic mass is 32.2. The fourth-order valence-corrected chi connectivity index (χ4v) is 4.64. The minimum Gasteiger partial charge on any atom is -0.462 e. The first-order valence-electron chi connectivity index (χ1n) is 6.15. The predicted octanol–water partition coefficient (Wildman–Crippen LogP) is 1.31. The monoisotopic (exact) mass is 304 g/mol. The van der Waals surface area contributed by atoms with Crippen LogP contribution in [0.2, 0.25) is 0 Å². The van der Waals surface area contributed by atoms with Crippen LogP contribution < -0.4 is 10.6 Å². The van der Waals surface area contributed by atoms with E-state index < -0.39 is 5.97 Å². The van der Waals surface area contributed by atoms with Gasteiger partial charge in [0.1, 0.15) is 5.57 Å². The van der Waals surface area contributed by atoms with Crippen LogP contribution in [0.5, 0.6) is 0 Å². The van der Waals surface area contributed by atoms with E-state index in [-0.39, 0.29) is 22.1 Å². The van der Waals surface area contributed by atoms with Gasteiger partial charge in [-0.2, -0.15) is 0 Å². The minimum atomic E-state index is -0.518. The maximum atomic E-state index is 12.0. The molecule has 1 heterocycles. The van der Waals surface area contributed by atoms with Gasteiger partial charge in [-0.15, -0.1) is 0 Å². The summed E-state index contributed by atoms with van der Waals surface area (Å²) in [5.74, 6) is -0.765. The van der Waals surface area contributed by atoms with Crippen molar-refractivity contribution in [1.82, 2.24) is 10.6 Å². The number of hydrogen-bond acceptors (Lipinski definition) is 7. The third-order valence-corrected chi connectivity index (χ3v) is 5.62. The molecule has 0 aliphatic carbocycles. The fraction of sp³-hybridized carbons (Fsp3) is 0.667. The Bertz CT molecular complexity index is 371. The van der Waals surface area contributed by atoms with E-state index in [1.165, 1.54) is 30.4 Å². The summed E-state index contributed by atoms with van der Waals surface area (Å²) in [4.78, 5) is 23.7. The minimum absolute atomic E-state index is 0.123. The second-order valence-corrected chi connectivity index (χ2v) is 6.57. The number of esters is 1. The molecule has 0 saturated carbocycles. The lowest BCUT2D eigenvalue weighted by Gasteiger charge is -2.14. The standard InChI is InChI=1S/C12H20N2O3S2/c1-5-6-17-11(16)8(7(2)15)12-18-9(13-3)10(14-4)19-12/h9-10,13-14H,5-6H2,1-4H3. The van der Waals surface area contributed by atoms with Gasteiger partial charge >= 0.3 is 5.97 Å². The van der Waals surface area contributed by atoms with Gasteiger partial charge in [0.2, 0.25) is 0 Å². The van der Waals surface area contributed by atoms with Gasteiger partial charge in [-0.3, -0.25) is 4.79 Å². The van der Waals surface area contributed by atoms with Crippen molar-refractivity contribution in [2.75, 3.05) is 20.7 Å². The van der Waals surface area contributed by atoms with Crippen molar-refractivity contribution >= 4 is 35.3 Å². The molecule has 1 fully saturated rings. The number of ether oxygens (including phenoxy) is 1. The van der Waals surface area contributed by atoms with Crippen LogP contribution >= 0.6 is 23.5 Å². The number of thioether (sulfide) groups is 2. The molecule has 108 valence electrons. The van der Waals surface area contributed by atoms with Crippen LogP contribution in [-0.4, -0.2) is 43.2 Å². The Balaban J connectivity index is 2.94. The van der Waals surface area contributed by atoms with Gasteiger partial charge in [-0.25, -0.2) is 4.79 Å². The van der Waals surface area contributed by atoms with E-state index in [1.54, 1.807) is 0 Å². The largest absolute Gasteiger partial charge is 0.462 e. The molecule has 0 spiro atoms. The molecular formula is C12H20N2O3S2. The summed E-state index contributed by atoms with van der Waals surface area (Å²) in [6.45, 7) is 3.65. The SMILES string of the molecule is CCCOC(=O)C(C(C)=O)=C1SC(NC)C(NC)S1. The topological polar surface area (TPSA) is 67.4 Å². The summed E-state index contributed by atoms with van der Waals surface area (Å²) in [6, 6.07) is 0. The van der Waals surface area contributed by atoms with Crippen LogP contribution in [0.15, 0.2) is 9.81 Å². The molecule has 0 radical (unpaired) electrons. The van der Waals surface area contributed by atoms with Crippen molar-refractivity contribution in [2.45, 2.75) is 31.0 Å². The molecule has 1 saturated heterocycles. The molecule has 19 heavy (non-hydrogen) atoms. The van der Waals surface area contributed by atoms with Gasteiger partial charge in [0.25, 0.3) is 0 Å². The number of nitrogens with one attached hydrogen (secondary N) is 2. The fourth-order valence-electron chi connectivity index (χ4n) is 1.56. The summed E-state index contributed by atoms with van der Waals surface area (Å²) < 4.78 is 5.81. The normalized spacial score (nSPS) is 22.4. The predicted molar refractivity (Wildman–Crippen MR) is 79.8 cm³/mol. The number of rotatable bonds is 6. The van der Waals surface area contributed by atoms with Crippen molar-refractivity contribution in [3.8, 4) is 0 Å². The molecule has 0 amide bonds. The van der Waals surface area contributed by atoms with E-state index in [0.717, 1.165) is 10.7 Å². The van der Waals surface area contributed by atoms with Gasteiger partial charge in [-0.05, 0) is 27.4 Å². The molecule has 2 atom stereocenters. The van der Waals surface area contributed by atoms with Crippen LogP contribution in [0.1, 0.15) is 20.3 Å². The molecule has 0 bridgehead atoms. The van der Waals surface area contributed by atoms with Gasteiger partial charge in [0.05, 0.1) is 21.6 Å². The molecule has 0 aromatic heterocycles. The maximum absolute atomic E-state index is 12.0. The van der Waals surface area contributed by atoms with Crippen LogP contribution in [-0.2, 0) is 14.3 Å². The second-order valence-electron chi connectivity index (χ2n) is 4.01. The maximum Gasteiger partial charge on any atom is 0.343 e. The van der Waals surface area contributed by atoms with Gasteiger partial charge in [0.15, 0.2) is 5.78 Å². The van der Waals surface area contributed by atoms with Crippen molar-refractivity contribution in [1.29, 1.82) is 0 Å². The Morgan fingerprint density at radius 2 is 1.74 bits per heavy atom. The van der Waals surface area contributed by atoms with Crippen molar-refractivity contribution < 1.29 is 14.3 Å². The Labute approximate surface area is 122 Å². The lowest BCUT2D eigenvalue weighted by molar-refractivity contribution is -0.140. The third-order valence-electron chi connectivity index (χ3n) is 2.51. The number of hydrogen-bond donors (Lipinski definition) is 2. The lowest BCUT2D eigenvalue weighted by Crippen LogP contribution is -2.37. The van der Waals surface area contributed by atoms with E-state index in [0.29, 0.717) is 6.61 Å². The van der Waals surface area contributed by atoms with Crippen molar-refractivity contribution in [3.05, 3.63) is 9.81 Å². The van der Waals surface area contributed by atoms with E-state index in [2.05, 4.69) is 10.6 Å². The first-order valence-corrected chi connectivity index (χ1v) is 7.91. The highest BCUT2D eigenvalue weighted by Gasteiger charge is 2.35. The zero-order valence-electron chi connectivity index (χ0n) is 11.6. The second kappa shape index (κ2) is 7.94. The quantitative estimate of drug-likeness (QED) is 0.332. The van der Waals surface area contributed by atoms with Crippen LogP contribution in [0.25, 0.3) is 0 Å². The van der Waals surface area contributed by atoms with E-state index in [9.17, 15) is 9.59 Å². The molecule has 1 rings (SSSR count). The molecule has 7 heteroatoms. The average molecular weight is 304 g/mol. The van der Waals surface area contributed by atoms with E-state index in [1.807, 2.05) is 21.0 Å². The first-order chi connectivity index (χ1) is 9.04. The van der Waals surface area contributed by atoms with Gasteiger partial charge < -0.3 is 15.4 Å². The molecule has 0 aromatic rings. The molecule has 2 unspecified atom stereocenters. The van der Waals surface area contributed by atoms with Crippen LogP contribution in [0, 0.1) is 0 Å². The number of carbonyl (C=O) groups is 2. The van der Waals surface area contributed by atoms with Crippen LogP contribution in [0.3, 0.4) is 0 Å². The molecule has 1 aliphatic heterocycles. The van der Waals surface area contributed by atoms with Crippen molar-refractivity contribution in [3.63, 3.8) is 0 Å².